The summed E-state index contributed by atoms with van der Waals surface area (Å²) in [6.07, 6.45) is -3.66. The van der Waals surface area contributed by atoms with Crippen LogP contribution in [0.5, 0.6) is 0 Å². The molecular weight excluding hydrogens is 362 g/mol. The van der Waals surface area contributed by atoms with Crippen molar-refractivity contribution >= 4 is 11.6 Å². The number of alkyl halides is 4. The number of anilines is 1. The van der Waals surface area contributed by atoms with Crippen LogP contribution in [0.1, 0.15) is 24.8 Å². The molecule has 0 aromatic heterocycles. The van der Waals surface area contributed by atoms with E-state index < -0.39 is 29.9 Å². The zero-order chi connectivity index (χ0) is 19.3. The molecule has 0 unspecified atom stereocenters. The zero-order valence-electron chi connectivity index (χ0n) is 14.8. The van der Waals surface area contributed by atoms with Gasteiger partial charge in [-0.05, 0) is 36.8 Å². The molecule has 2 saturated heterocycles. The Labute approximate surface area is 155 Å². The van der Waals surface area contributed by atoms with Crippen LogP contribution in [-0.4, -0.2) is 48.7 Å². The lowest BCUT2D eigenvalue weighted by Gasteiger charge is -2.33. The first-order valence-electron chi connectivity index (χ1n) is 9.36. The number of nitrogens with two attached hydrogens (primary N) is 1. The van der Waals surface area contributed by atoms with E-state index in [9.17, 15) is 22.4 Å². The van der Waals surface area contributed by atoms with Gasteiger partial charge in [-0.2, -0.15) is 13.2 Å². The summed E-state index contributed by atoms with van der Waals surface area (Å²) >= 11 is 0. The molecule has 2 aliphatic heterocycles. The lowest BCUT2D eigenvalue weighted by molar-refractivity contribution is -0.137. The monoisotopic (exact) mass is 385 g/mol. The first-order chi connectivity index (χ1) is 12.8. The fraction of sp³-hybridized carbons (Fsp3) is 0.632. The molecule has 1 aliphatic carbocycles. The number of hydrogen-bond donors (Lipinski definition) is 1. The van der Waals surface area contributed by atoms with Crippen molar-refractivity contribution < 1.29 is 22.4 Å². The fourth-order valence-corrected chi connectivity index (χ4v) is 5.29. The van der Waals surface area contributed by atoms with Crippen LogP contribution in [0, 0.1) is 11.8 Å². The van der Waals surface area contributed by atoms with E-state index in [1.807, 2.05) is 4.90 Å². The average molecular weight is 385 g/mol. The van der Waals surface area contributed by atoms with Crippen LogP contribution in [0.15, 0.2) is 24.3 Å². The van der Waals surface area contributed by atoms with Gasteiger partial charge in [-0.3, -0.25) is 9.69 Å². The smallest absolute Gasteiger partial charge is 0.370 e. The Hall–Kier alpha value is -1.83. The van der Waals surface area contributed by atoms with Crippen molar-refractivity contribution in [1.29, 1.82) is 0 Å². The maximum Gasteiger partial charge on any atom is 0.418 e. The fourth-order valence-electron chi connectivity index (χ4n) is 5.29. The number of rotatable bonds is 3. The number of carbonyl (C=O) groups is 1. The number of fused-ring (bicyclic) bond motifs is 1. The van der Waals surface area contributed by atoms with Gasteiger partial charge in [0.2, 0.25) is 5.91 Å². The maximum absolute atomic E-state index is 13.9. The summed E-state index contributed by atoms with van der Waals surface area (Å²) in [5.74, 6) is -0.141. The predicted molar refractivity (Wildman–Crippen MR) is 92.9 cm³/mol. The van der Waals surface area contributed by atoms with E-state index in [4.69, 9.17) is 5.73 Å². The van der Waals surface area contributed by atoms with E-state index in [2.05, 4.69) is 0 Å². The molecule has 3 aliphatic rings. The van der Waals surface area contributed by atoms with Crippen LogP contribution in [0.25, 0.3) is 0 Å². The van der Waals surface area contributed by atoms with Crippen LogP contribution in [-0.2, 0) is 11.0 Å². The number of primary amides is 1. The van der Waals surface area contributed by atoms with Gasteiger partial charge in [-0.15, -0.1) is 0 Å². The zero-order valence-corrected chi connectivity index (χ0v) is 14.8. The van der Waals surface area contributed by atoms with Gasteiger partial charge in [0.05, 0.1) is 11.6 Å². The minimum absolute atomic E-state index is 0.00343. The van der Waals surface area contributed by atoms with Gasteiger partial charge >= 0.3 is 6.18 Å². The molecule has 0 spiro atoms. The summed E-state index contributed by atoms with van der Waals surface area (Å²) in [6.45, 7) is 1.23. The van der Waals surface area contributed by atoms with Crippen LogP contribution in [0.2, 0.25) is 0 Å². The number of halogens is 4. The van der Waals surface area contributed by atoms with E-state index in [1.165, 1.54) is 12.1 Å². The highest BCUT2D eigenvalue weighted by Gasteiger charge is 2.50. The number of nitrogens with zero attached hydrogens (tertiary/aromatic N) is 2. The second kappa shape index (κ2) is 6.65. The first-order valence-corrected chi connectivity index (χ1v) is 9.36. The van der Waals surface area contributed by atoms with E-state index in [0.717, 1.165) is 18.9 Å². The summed E-state index contributed by atoms with van der Waals surface area (Å²) in [6, 6.07) is 5.02. The molecule has 8 heteroatoms. The number of likely N-dealkylation sites (tertiary alicyclic amines) is 1. The first kappa shape index (κ1) is 18.5. The number of amides is 1. The summed E-state index contributed by atoms with van der Waals surface area (Å²) in [7, 11) is 0. The minimum Gasteiger partial charge on any atom is -0.370 e. The summed E-state index contributed by atoms with van der Waals surface area (Å²) in [4.78, 5) is 15.4. The third-order valence-electron chi connectivity index (χ3n) is 6.41. The maximum atomic E-state index is 13.9. The molecule has 1 aromatic carbocycles. The molecule has 1 amide bonds. The standard InChI is InChI=1S/C19H23F4N3O/c20-12-7-17(18(24)27)26(9-12)15-6-5-11-8-25(10-13(11)15)16-4-2-1-3-14(16)19(21,22)23/h1-4,11-13,15,17H,5-10H2,(H2,24,27)/t11-,12-,13+,15+,17+/m1/s1. The highest BCUT2D eigenvalue weighted by molar-refractivity contribution is 5.80. The van der Waals surface area contributed by atoms with E-state index in [-0.39, 0.29) is 36.5 Å². The molecule has 1 saturated carbocycles. The van der Waals surface area contributed by atoms with Crippen LogP contribution >= 0.6 is 0 Å². The van der Waals surface area contributed by atoms with Gasteiger partial charge in [0.15, 0.2) is 0 Å². The summed E-state index contributed by atoms with van der Waals surface area (Å²) in [5.41, 5.74) is 5.04. The van der Waals surface area contributed by atoms with E-state index in [1.54, 1.807) is 11.0 Å². The average Bonchev–Trinajstić information content (AvgIpc) is 3.27. The number of para-hydroxylation sites is 1. The molecule has 1 aromatic rings. The number of hydrogen-bond acceptors (Lipinski definition) is 3. The molecule has 3 fully saturated rings. The largest absolute Gasteiger partial charge is 0.418 e. The molecule has 148 valence electrons. The Bertz CT molecular complexity index is 725. The normalized spacial score (nSPS) is 34.2. The van der Waals surface area contributed by atoms with Crippen molar-refractivity contribution in [3.05, 3.63) is 29.8 Å². The lowest BCUT2D eigenvalue weighted by atomic mass is 9.96. The number of carbonyl (C=O) groups excluding carboxylic acids is 1. The molecule has 5 atom stereocenters. The Morgan fingerprint density at radius 3 is 2.56 bits per heavy atom. The Kier molecular flexibility index (Phi) is 4.56. The predicted octanol–water partition coefficient (Wildman–Crippen LogP) is 2.82. The van der Waals surface area contributed by atoms with E-state index >= 15 is 0 Å². The second-order valence-corrected chi connectivity index (χ2v) is 7.94. The summed E-state index contributed by atoms with van der Waals surface area (Å²) in [5, 5.41) is 0. The van der Waals surface area contributed by atoms with Crippen molar-refractivity contribution in [2.45, 2.75) is 43.7 Å². The second-order valence-electron chi connectivity index (χ2n) is 7.94. The van der Waals surface area contributed by atoms with Gasteiger partial charge in [0.25, 0.3) is 0 Å². The molecule has 4 nitrogen and oxygen atoms in total. The SMILES string of the molecule is NC(=O)[C@@H]1C[C@@H](F)CN1[C@H]1CC[C@@H]2CN(c3ccccc3C(F)(F)F)C[C@@H]21. The number of benzene rings is 1. The lowest BCUT2D eigenvalue weighted by Crippen LogP contribution is -2.48. The van der Waals surface area contributed by atoms with Crippen LogP contribution < -0.4 is 10.6 Å². The van der Waals surface area contributed by atoms with Crippen molar-refractivity contribution in [3.63, 3.8) is 0 Å². The van der Waals surface area contributed by atoms with E-state index in [0.29, 0.717) is 13.1 Å². The highest BCUT2D eigenvalue weighted by atomic mass is 19.4. The molecule has 2 N–H and O–H groups in total. The quantitative estimate of drug-likeness (QED) is 0.814. The van der Waals surface area contributed by atoms with Gasteiger partial charge in [-0.25, -0.2) is 4.39 Å². The van der Waals surface area contributed by atoms with Crippen LogP contribution in [0.4, 0.5) is 23.2 Å². The molecular formula is C19H23F4N3O. The van der Waals surface area contributed by atoms with Gasteiger partial charge in [-0.1, -0.05) is 12.1 Å². The molecule has 4 rings (SSSR count). The summed E-state index contributed by atoms with van der Waals surface area (Å²) < 4.78 is 54.0. The van der Waals surface area contributed by atoms with Gasteiger partial charge < -0.3 is 10.6 Å². The third-order valence-corrected chi connectivity index (χ3v) is 6.41. The Morgan fingerprint density at radius 2 is 1.85 bits per heavy atom. The molecule has 2 heterocycles. The van der Waals surface area contributed by atoms with Crippen molar-refractivity contribution in [2.24, 2.45) is 17.6 Å². The molecule has 0 radical (unpaired) electrons. The van der Waals surface area contributed by atoms with Crippen LogP contribution in [0.3, 0.4) is 0 Å². The molecule has 27 heavy (non-hydrogen) atoms. The van der Waals surface area contributed by atoms with Crippen molar-refractivity contribution in [1.82, 2.24) is 4.90 Å². The van der Waals surface area contributed by atoms with Crippen molar-refractivity contribution in [2.75, 3.05) is 24.5 Å². The van der Waals surface area contributed by atoms with Crippen molar-refractivity contribution in [3.8, 4) is 0 Å². The Balaban J connectivity index is 1.55. The minimum atomic E-state index is -4.40. The Morgan fingerprint density at radius 1 is 1.11 bits per heavy atom. The van der Waals surface area contributed by atoms with Gasteiger partial charge in [0, 0.05) is 37.8 Å². The highest BCUT2D eigenvalue weighted by Crippen LogP contribution is 2.46. The third kappa shape index (κ3) is 3.28. The van der Waals surface area contributed by atoms with Gasteiger partial charge in [0.1, 0.15) is 6.17 Å². The molecule has 0 bridgehead atoms. The topological polar surface area (TPSA) is 49.6 Å².